The molecule has 2 rings (SSSR count). The quantitative estimate of drug-likeness (QED) is 0.775. The number of nitrogens with one attached hydrogen (secondary N) is 2. The number of thiazole rings is 1. The normalized spacial score (nSPS) is 10.8. The van der Waals surface area contributed by atoms with E-state index in [2.05, 4.69) is 15.6 Å². The van der Waals surface area contributed by atoms with Crippen LogP contribution >= 0.6 is 11.3 Å². The third-order valence-electron chi connectivity index (χ3n) is 3.52. The molecule has 2 amide bonds. The number of aromatic nitrogens is 1. The highest BCUT2D eigenvalue weighted by atomic mass is 32.1. The van der Waals surface area contributed by atoms with Gasteiger partial charge < -0.3 is 10.6 Å². The Bertz CT molecular complexity index is 806. The van der Waals surface area contributed by atoms with Gasteiger partial charge in [0.15, 0.2) is 0 Å². The molecule has 0 aliphatic rings. The first-order valence-corrected chi connectivity index (χ1v) is 9.03. The van der Waals surface area contributed by atoms with Crippen molar-refractivity contribution in [1.29, 1.82) is 0 Å². The Morgan fingerprint density at radius 3 is 2.62 bits per heavy atom. The Morgan fingerprint density at radius 1 is 1.23 bits per heavy atom. The lowest BCUT2D eigenvalue weighted by molar-refractivity contribution is -0.120. The van der Waals surface area contributed by atoms with Gasteiger partial charge in [0.05, 0.1) is 12.1 Å². The minimum Gasteiger partial charge on any atom is -0.352 e. The van der Waals surface area contributed by atoms with Crippen LogP contribution in [-0.4, -0.2) is 23.3 Å². The lowest BCUT2D eigenvalue weighted by atomic mass is 10.2. The summed E-state index contributed by atoms with van der Waals surface area (Å²) in [5, 5.41) is 5.90. The summed E-state index contributed by atoms with van der Waals surface area (Å²) in [6.45, 7) is 6.24. The van der Waals surface area contributed by atoms with E-state index in [9.17, 15) is 18.4 Å². The van der Waals surface area contributed by atoms with E-state index in [0.29, 0.717) is 28.0 Å². The Kier molecular flexibility index (Phi) is 6.79. The zero-order valence-electron chi connectivity index (χ0n) is 14.9. The Labute approximate surface area is 154 Å². The molecule has 140 valence electrons. The molecule has 0 aliphatic carbocycles. The molecule has 2 aromatic rings. The van der Waals surface area contributed by atoms with E-state index < -0.39 is 11.6 Å². The van der Waals surface area contributed by atoms with E-state index in [1.807, 2.05) is 13.8 Å². The van der Waals surface area contributed by atoms with Gasteiger partial charge in [-0.05, 0) is 18.9 Å². The molecule has 1 heterocycles. The third kappa shape index (κ3) is 5.59. The molecule has 0 unspecified atom stereocenters. The number of hydrogen-bond acceptors (Lipinski definition) is 4. The molecule has 26 heavy (non-hydrogen) atoms. The molecule has 0 saturated heterocycles. The standard InChI is InChI=1S/C18H21F2N3O2S/c1-10(2)8-22-18(25)17-11(3)23-16(26-17)7-15(24)21-9-12-4-5-13(19)6-14(12)20/h4-6,10H,7-9H2,1-3H3,(H,21,24)(H,22,25). The van der Waals surface area contributed by atoms with Crippen molar-refractivity contribution in [2.24, 2.45) is 5.92 Å². The molecule has 2 N–H and O–H groups in total. The first-order chi connectivity index (χ1) is 12.3. The van der Waals surface area contributed by atoms with Crippen LogP contribution in [0.25, 0.3) is 0 Å². The van der Waals surface area contributed by atoms with Gasteiger partial charge in [0.2, 0.25) is 5.91 Å². The van der Waals surface area contributed by atoms with Crippen LogP contribution < -0.4 is 10.6 Å². The fourth-order valence-corrected chi connectivity index (χ4v) is 3.15. The van der Waals surface area contributed by atoms with Crippen LogP contribution in [0.2, 0.25) is 0 Å². The minimum atomic E-state index is -0.709. The van der Waals surface area contributed by atoms with E-state index in [1.54, 1.807) is 6.92 Å². The fraction of sp³-hybridized carbons (Fsp3) is 0.389. The molecule has 8 heteroatoms. The van der Waals surface area contributed by atoms with Gasteiger partial charge in [-0.15, -0.1) is 11.3 Å². The smallest absolute Gasteiger partial charge is 0.263 e. The second-order valence-electron chi connectivity index (χ2n) is 6.32. The second kappa shape index (κ2) is 8.84. The maximum Gasteiger partial charge on any atom is 0.263 e. The largest absolute Gasteiger partial charge is 0.352 e. The molecule has 0 atom stereocenters. The molecular weight excluding hydrogens is 360 g/mol. The molecule has 1 aromatic carbocycles. The van der Waals surface area contributed by atoms with Crippen LogP contribution in [-0.2, 0) is 17.8 Å². The number of halogens is 2. The van der Waals surface area contributed by atoms with Crippen molar-refractivity contribution in [2.45, 2.75) is 33.7 Å². The Hall–Kier alpha value is -2.35. The molecule has 0 aliphatic heterocycles. The van der Waals surface area contributed by atoms with Gasteiger partial charge in [0.25, 0.3) is 5.91 Å². The molecule has 0 bridgehead atoms. The van der Waals surface area contributed by atoms with E-state index in [-0.39, 0.29) is 30.3 Å². The molecule has 0 saturated carbocycles. The monoisotopic (exact) mass is 381 g/mol. The maximum atomic E-state index is 13.6. The van der Waals surface area contributed by atoms with Crippen molar-refractivity contribution < 1.29 is 18.4 Å². The number of aryl methyl sites for hydroxylation is 1. The average Bonchev–Trinajstić information content (AvgIpc) is 2.92. The molecule has 0 fully saturated rings. The predicted octanol–water partition coefficient (Wildman–Crippen LogP) is 2.97. The number of carbonyl (C=O) groups excluding carboxylic acids is 2. The van der Waals surface area contributed by atoms with Crippen molar-refractivity contribution in [3.8, 4) is 0 Å². The van der Waals surface area contributed by atoms with Gasteiger partial charge in [-0.25, -0.2) is 13.8 Å². The van der Waals surface area contributed by atoms with Crippen LogP contribution in [0.3, 0.4) is 0 Å². The van der Waals surface area contributed by atoms with E-state index in [1.165, 1.54) is 17.4 Å². The minimum absolute atomic E-state index is 0.00815. The van der Waals surface area contributed by atoms with Crippen LogP contribution in [0.4, 0.5) is 8.78 Å². The van der Waals surface area contributed by atoms with Gasteiger partial charge in [-0.1, -0.05) is 19.9 Å². The zero-order chi connectivity index (χ0) is 19.3. The molecule has 0 spiro atoms. The average molecular weight is 381 g/mol. The maximum absolute atomic E-state index is 13.6. The number of rotatable bonds is 7. The molecular formula is C18H21F2N3O2S. The van der Waals surface area contributed by atoms with Crippen LogP contribution in [0.15, 0.2) is 18.2 Å². The SMILES string of the molecule is Cc1nc(CC(=O)NCc2ccc(F)cc2F)sc1C(=O)NCC(C)C. The van der Waals surface area contributed by atoms with Gasteiger partial charge in [0.1, 0.15) is 21.5 Å². The number of hydrogen-bond donors (Lipinski definition) is 2. The van der Waals surface area contributed by atoms with Crippen LogP contribution in [0.5, 0.6) is 0 Å². The molecule has 1 aromatic heterocycles. The van der Waals surface area contributed by atoms with E-state index in [0.717, 1.165) is 12.1 Å². The third-order valence-corrected chi connectivity index (χ3v) is 4.68. The van der Waals surface area contributed by atoms with Crippen LogP contribution in [0, 0.1) is 24.5 Å². The van der Waals surface area contributed by atoms with Gasteiger partial charge in [-0.2, -0.15) is 0 Å². The van der Waals surface area contributed by atoms with Gasteiger partial charge >= 0.3 is 0 Å². The van der Waals surface area contributed by atoms with Crippen molar-refractivity contribution >= 4 is 23.2 Å². The predicted molar refractivity (Wildman–Crippen MR) is 95.9 cm³/mol. The van der Waals surface area contributed by atoms with Crippen LogP contribution in [0.1, 0.15) is 39.8 Å². The number of amides is 2. The highest BCUT2D eigenvalue weighted by Crippen LogP contribution is 2.18. The highest BCUT2D eigenvalue weighted by molar-refractivity contribution is 7.13. The first kappa shape index (κ1) is 20.0. The number of carbonyl (C=O) groups is 2. The topological polar surface area (TPSA) is 71.1 Å². The van der Waals surface area contributed by atoms with E-state index >= 15 is 0 Å². The first-order valence-electron chi connectivity index (χ1n) is 8.21. The van der Waals surface area contributed by atoms with Crippen molar-refractivity contribution in [1.82, 2.24) is 15.6 Å². The fourth-order valence-electron chi connectivity index (χ4n) is 2.17. The summed E-state index contributed by atoms with van der Waals surface area (Å²) in [7, 11) is 0. The van der Waals surface area contributed by atoms with Crippen molar-refractivity contribution in [3.05, 3.63) is 51.0 Å². The zero-order valence-corrected chi connectivity index (χ0v) is 15.7. The van der Waals surface area contributed by atoms with Gasteiger partial charge in [0, 0.05) is 24.7 Å². The summed E-state index contributed by atoms with van der Waals surface area (Å²) >= 11 is 1.17. The summed E-state index contributed by atoms with van der Waals surface area (Å²) in [5.41, 5.74) is 0.771. The Morgan fingerprint density at radius 2 is 1.96 bits per heavy atom. The van der Waals surface area contributed by atoms with E-state index in [4.69, 9.17) is 0 Å². The summed E-state index contributed by atoms with van der Waals surface area (Å²) in [6, 6.07) is 3.19. The van der Waals surface area contributed by atoms with Crippen molar-refractivity contribution in [2.75, 3.05) is 6.54 Å². The lowest BCUT2D eigenvalue weighted by Gasteiger charge is -2.06. The summed E-state index contributed by atoms with van der Waals surface area (Å²) in [6.07, 6.45) is -0.00815. The molecule has 5 nitrogen and oxygen atoms in total. The summed E-state index contributed by atoms with van der Waals surface area (Å²) in [4.78, 5) is 28.9. The number of nitrogens with zero attached hydrogens (tertiary/aromatic N) is 1. The van der Waals surface area contributed by atoms with Crippen molar-refractivity contribution in [3.63, 3.8) is 0 Å². The number of benzene rings is 1. The lowest BCUT2D eigenvalue weighted by Crippen LogP contribution is -2.27. The second-order valence-corrected chi connectivity index (χ2v) is 7.40. The Balaban J connectivity index is 1.92. The molecule has 0 radical (unpaired) electrons. The highest BCUT2D eigenvalue weighted by Gasteiger charge is 2.17. The van der Waals surface area contributed by atoms with Gasteiger partial charge in [-0.3, -0.25) is 9.59 Å². The summed E-state index contributed by atoms with van der Waals surface area (Å²) in [5.74, 6) is -1.59. The summed E-state index contributed by atoms with van der Waals surface area (Å²) < 4.78 is 26.4.